The summed E-state index contributed by atoms with van der Waals surface area (Å²) in [5.74, 6) is 0. The maximum Gasteiger partial charge on any atom is 0.271 e. The van der Waals surface area contributed by atoms with Crippen molar-refractivity contribution in [2.45, 2.75) is 7.43 Å². The van der Waals surface area contributed by atoms with Gasteiger partial charge < -0.3 is 5.32 Å². The standard InChI is InChI=1S/C7H8N2O2.CH4/c1-8-6-3-2-4-7(5-6)9(10)11;/h2-5,8H,1H3;1H4. The van der Waals surface area contributed by atoms with Gasteiger partial charge in [0.25, 0.3) is 5.69 Å². The van der Waals surface area contributed by atoms with Gasteiger partial charge in [-0.2, -0.15) is 0 Å². The Bertz CT molecular complexity index is 274. The first kappa shape index (κ1) is 10.4. The number of anilines is 1. The normalized spacial score (nSPS) is 8.42. The molecule has 0 spiro atoms. The fourth-order valence-corrected chi connectivity index (χ4v) is 0.775. The Morgan fingerprint density at radius 3 is 2.67 bits per heavy atom. The van der Waals surface area contributed by atoms with Gasteiger partial charge >= 0.3 is 0 Å². The molecule has 0 amide bonds. The lowest BCUT2D eigenvalue weighted by Gasteiger charge is -1.97. The Labute approximate surface area is 71.4 Å². The third-order valence-corrected chi connectivity index (χ3v) is 1.35. The van der Waals surface area contributed by atoms with Crippen LogP contribution in [0.2, 0.25) is 0 Å². The molecule has 0 saturated carbocycles. The second kappa shape index (κ2) is 4.33. The van der Waals surface area contributed by atoms with Gasteiger partial charge in [0.2, 0.25) is 0 Å². The average molecular weight is 168 g/mol. The monoisotopic (exact) mass is 168 g/mol. The summed E-state index contributed by atoms with van der Waals surface area (Å²) in [6.45, 7) is 0. The molecule has 0 bridgehead atoms. The number of hydrogen-bond donors (Lipinski definition) is 1. The van der Waals surface area contributed by atoms with E-state index in [9.17, 15) is 10.1 Å². The lowest BCUT2D eigenvalue weighted by Crippen LogP contribution is -1.91. The van der Waals surface area contributed by atoms with Gasteiger partial charge in [-0.1, -0.05) is 13.5 Å². The molecule has 0 aliphatic rings. The smallest absolute Gasteiger partial charge is 0.271 e. The van der Waals surface area contributed by atoms with Crippen molar-refractivity contribution in [2.75, 3.05) is 12.4 Å². The van der Waals surface area contributed by atoms with Crippen LogP contribution in [0.15, 0.2) is 24.3 Å². The van der Waals surface area contributed by atoms with E-state index in [2.05, 4.69) is 5.32 Å². The Morgan fingerprint density at radius 1 is 1.50 bits per heavy atom. The molecule has 4 heteroatoms. The molecule has 0 unspecified atom stereocenters. The van der Waals surface area contributed by atoms with E-state index in [1.165, 1.54) is 12.1 Å². The molecule has 0 aromatic heterocycles. The highest BCUT2D eigenvalue weighted by Gasteiger charge is 2.03. The van der Waals surface area contributed by atoms with Crippen molar-refractivity contribution in [3.8, 4) is 0 Å². The topological polar surface area (TPSA) is 55.2 Å². The zero-order valence-corrected chi connectivity index (χ0v) is 6.07. The number of nitrogens with zero attached hydrogens (tertiary/aromatic N) is 1. The van der Waals surface area contributed by atoms with Crippen molar-refractivity contribution >= 4 is 11.4 Å². The minimum Gasteiger partial charge on any atom is -0.388 e. The summed E-state index contributed by atoms with van der Waals surface area (Å²) in [5.41, 5.74) is 0.857. The third-order valence-electron chi connectivity index (χ3n) is 1.35. The Morgan fingerprint density at radius 2 is 2.17 bits per heavy atom. The molecule has 1 N–H and O–H groups in total. The fraction of sp³-hybridized carbons (Fsp3) is 0.250. The van der Waals surface area contributed by atoms with Crippen LogP contribution in [0.5, 0.6) is 0 Å². The van der Waals surface area contributed by atoms with Gasteiger partial charge in [0.1, 0.15) is 0 Å². The van der Waals surface area contributed by atoms with Crippen LogP contribution >= 0.6 is 0 Å². The zero-order chi connectivity index (χ0) is 8.27. The van der Waals surface area contributed by atoms with Crippen LogP contribution < -0.4 is 5.32 Å². The van der Waals surface area contributed by atoms with Crippen LogP contribution in [0.4, 0.5) is 11.4 Å². The summed E-state index contributed by atoms with van der Waals surface area (Å²) in [6, 6.07) is 6.36. The highest BCUT2D eigenvalue weighted by Crippen LogP contribution is 2.15. The maximum atomic E-state index is 10.2. The van der Waals surface area contributed by atoms with Gasteiger partial charge in [0.15, 0.2) is 0 Å². The van der Waals surface area contributed by atoms with Gasteiger partial charge in [-0.25, -0.2) is 0 Å². The van der Waals surface area contributed by atoms with E-state index in [4.69, 9.17) is 0 Å². The molecule has 0 atom stereocenters. The van der Waals surface area contributed by atoms with Crippen molar-refractivity contribution < 1.29 is 4.92 Å². The number of nitrogens with one attached hydrogen (secondary N) is 1. The van der Waals surface area contributed by atoms with Crippen molar-refractivity contribution in [1.82, 2.24) is 0 Å². The molecule has 0 radical (unpaired) electrons. The SMILES string of the molecule is C.CNc1cccc([N+](=O)[O-])c1. The van der Waals surface area contributed by atoms with Gasteiger partial charge in [-0.15, -0.1) is 0 Å². The summed E-state index contributed by atoms with van der Waals surface area (Å²) in [4.78, 5) is 9.83. The predicted molar refractivity (Wildman–Crippen MR) is 49.4 cm³/mol. The minimum atomic E-state index is -0.416. The van der Waals surface area contributed by atoms with E-state index in [0.717, 1.165) is 5.69 Å². The van der Waals surface area contributed by atoms with Crippen LogP contribution in [0.25, 0.3) is 0 Å². The van der Waals surface area contributed by atoms with Crippen LogP contribution in [0, 0.1) is 10.1 Å². The van der Waals surface area contributed by atoms with Crippen molar-refractivity contribution in [3.05, 3.63) is 34.4 Å². The summed E-state index contributed by atoms with van der Waals surface area (Å²) in [6.07, 6.45) is 0. The van der Waals surface area contributed by atoms with Gasteiger partial charge in [0.05, 0.1) is 4.92 Å². The van der Waals surface area contributed by atoms with Crippen LogP contribution in [-0.4, -0.2) is 12.0 Å². The number of nitro groups is 1. The summed E-state index contributed by atoms with van der Waals surface area (Å²) >= 11 is 0. The van der Waals surface area contributed by atoms with E-state index in [-0.39, 0.29) is 13.1 Å². The van der Waals surface area contributed by atoms with E-state index in [1.807, 2.05) is 0 Å². The quantitative estimate of drug-likeness (QED) is 0.544. The van der Waals surface area contributed by atoms with Gasteiger partial charge in [0, 0.05) is 24.9 Å². The molecule has 0 fully saturated rings. The lowest BCUT2D eigenvalue weighted by atomic mass is 10.3. The zero-order valence-electron chi connectivity index (χ0n) is 6.07. The third kappa shape index (κ3) is 2.23. The molecule has 1 aromatic carbocycles. The first-order valence-corrected chi connectivity index (χ1v) is 3.16. The molecular weight excluding hydrogens is 156 g/mol. The van der Waals surface area contributed by atoms with E-state index in [1.54, 1.807) is 19.2 Å². The maximum absolute atomic E-state index is 10.2. The van der Waals surface area contributed by atoms with E-state index in [0.29, 0.717) is 0 Å². The van der Waals surface area contributed by atoms with Crippen LogP contribution in [0.3, 0.4) is 0 Å². The first-order valence-electron chi connectivity index (χ1n) is 3.16. The molecular formula is C8H12N2O2. The minimum absolute atomic E-state index is 0. The Kier molecular flexibility index (Phi) is 3.76. The van der Waals surface area contributed by atoms with Crippen LogP contribution in [-0.2, 0) is 0 Å². The second-order valence-electron chi connectivity index (χ2n) is 2.06. The highest BCUT2D eigenvalue weighted by atomic mass is 16.6. The summed E-state index contributed by atoms with van der Waals surface area (Å²) in [5, 5.41) is 13.1. The largest absolute Gasteiger partial charge is 0.388 e. The molecule has 1 aromatic rings. The average Bonchev–Trinajstić information content (AvgIpc) is 2.05. The van der Waals surface area contributed by atoms with Crippen LogP contribution in [0.1, 0.15) is 7.43 Å². The highest BCUT2D eigenvalue weighted by molar-refractivity contribution is 5.50. The van der Waals surface area contributed by atoms with Crippen molar-refractivity contribution in [3.63, 3.8) is 0 Å². The molecule has 0 saturated heterocycles. The number of hydrogen-bond acceptors (Lipinski definition) is 3. The molecule has 4 nitrogen and oxygen atoms in total. The Balaban J connectivity index is 0.00000121. The van der Waals surface area contributed by atoms with E-state index < -0.39 is 4.92 Å². The van der Waals surface area contributed by atoms with Crippen molar-refractivity contribution in [2.24, 2.45) is 0 Å². The van der Waals surface area contributed by atoms with Crippen molar-refractivity contribution in [1.29, 1.82) is 0 Å². The van der Waals surface area contributed by atoms with Gasteiger partial charge in [-0.05, 0) is 6.07 Å². The number of benzene rings is 1. The number of non-ortho nitro benzene ring substituents is 1. The predicted octanol–water partition coefficient (Wildman–Crippen LogP) is 2.27. The van der Waals surface area contributed by atoms with E-state index >= 15 is 0 Å². The Hall–Kier alpha value is -1.58. The molecule has 12 heavy (non-hydrogen) atoms. The molecule has 0 heterocycles. The number of nitro benzene ring substituents is 1. The molecule has 0 aliphatic heterocycles. The molecule has 1 rings (SSSR count). The molecule has 66 valence electrons. The fourth-order valence-electron chi connectivity index (χ4n) is 0.775. The molecule has 0 aliphatic carbocycles. The first-order chi connectivity index (χ1) is 5.24. The second-order valence-corrected chi connectivity index (χ2v) is 2.06. The van der Waals surface area contributed by atoms with Gasteiger partial charge in [-0.3, -0.25) is 10.1 Å². The number of rotatable bonds is 2. The summed E-state index contributed by atoms with van der Waals surface area (Å²) in [7, 11) is 1.72. The summed E-state index contributed by atoms with van der Waals surface area (Å²) < 4.78 is 0. The lowest BCUT2D eigenvalue weighted by molar-refractivity contribution is -0.384.